The highest BCUT2D eigenvalue weighted by Crippen LogP contribution is 2.33. The third-order valence-corrected chi connectivity index (χ3v) is 5.14. The van der Waals surface area contributed by atoms with Crippen molar-refractivity contribution in [3.8, 4) is 22.6 Å². The number of nitrogens with one attached hydrogen (secondary N) is 1. The Morgan fingerprint density at radius 1 is 1.07 bits per heavy atom. The van der Waals surface area contributed by atoms with E-state index >= 15 is 0 Å². The molecule has 140 valence electrons. The first-order valence-corrected chi connectivity index (χ1v) is 9.41. The number of aliphatic hydroxyl groups is 1. The lowest BCUT2D eigenvalue weighted by Gasteiger charge is -2.27. The maximum absolute atomic E-state index is 9.74. The van der Waals surface area contributed by atoms with Crippen LogP contribution in [0.3, 0.4) is 0 Å². The highest BCUT2D eigenvalue weighted by Gasteiger charge is 2.22. The molecule has 27 heavy (non-hydrogen) atoms. The van der Waals surface area contributed by atoms with Crippen molar-refractivity contribution in [2.75, 3.05) is 5.32 Å². The lowest BCUT2D eigenvalue weighted by atomic mass is 9.93. The minimum absolute atomic E-state index is 0.183. The Kier molecular flexibility index (Phi) is 4.90. The molecule has 0 unspecified atom stereocenters. The Morgan fingerprint density at radius 3 is 2.56 bits per heavy atom. The van der Waals surface area contributed by atoms with E-state index in [0.29, 0.717) is 11.7 Å². The van der Waals surface area contributed by atoms with Gasteiger partial charge in [0.1, 0.15) is 5.82 Å². The number of aryl methyl sites for hydroxylation is 2. The largest absolute Gasteiger partial charge is 0.393 e. The number of benzene rings is 1. The van der Waals surface area contributed by atoms with Crippen LogP contribution in [0.4, 0.5) is 5.82 Å². The molecule has 3 aromatic rings. The second-order valence-electron chi connectivity index (χ2n) is 7.23. The van der Waals surface area contributed by atoms with Crippen LogP contribution in [-0.4, -0.2) is 32.4 Å². The summed E-state index contributed by atoms with van der Waals surface area (Å²) >= 11 is 0. The van der Waals surface area contributed by atoms with Gasteiger partial charge in [-0.15, -0.1) is 0 Å². The summed E-state index contributed by atoms with van der Waals surface area (Å²) in [4.78, 5) is 9.10. The standard InChI is InChI=1S/C21H24N4O2/c1-13-5-3-4-6-18(13)15-11-19(21-23-14(2)25-27-21)20(22-12-15)24-16-7-9-17(26)10-8-16/h3-6,11-12,16-17,26H,7-10H2,1-2H3,(H,22,24). The van der Waals surface area contributed by atoms with Crippen molar-refractivity contribution in [1.82, 2.24) is 15.1 Å². The van der Waals surface area contributed by atoms with Crippen molar-refractivity contribution in [2.45, 2.75) is 51.7 Å². The van der Waals surface area contributed by atoms with Crippen molar-refractivity contribution in [3.05, 3.63) is 47.9 Å². The molecule has 2 heterocycles. The van der Waals surface area contributed by atoms with E-state index < -0.39 is 0 Å². The van der Waals surface area contributed by atoms with Crippen molar-refractivity contribution in [1.29, 1.82) is 0 Å². The number of hydrogen-bond acceptors (Lipinski definition) is 6. The van der Waals surface area contributed by atoms with E-state index in [2.05, 4.69) is 40.6 Å². The second kappa shape index (κ2) is 7.48. The number of nitrogens with zero attached hydrogens (tertiary/aromatic N) is 3. The van der Waals surface area contributed by atoms with Gasteiger partial charge in [-0.05, 0) is 56.7 Å². The predicted octanol–water partition coefficient (Wildman–Crippen LogP) is 4.13. The van der Waals surface area contributed by atoms with Crippen LogP contribution in [0.1, 0.15) is 37.1 Å². The summed E-state index contributed by atoms with van der Waals surface area (Å²) in [5.74, 6) is 1.81. The Morgan fingerprint density at radius 2 is 1.85 bits per heavy atom. The minimum atomic E-state index is -0.183. The summed E-state index contributed by atoms with van der Waals surface area (Å²) in [5.41, 5.74) is 4.15. The third-order valence-electron chi connectivity index (χ3n) is 5.14. The molecule has 0 aliphatic heterocycles. The number of rotatable bonds is 4. The van der Waals surface area contributed by atoms with Crippen molar-refractivity contribution in [2.24, 2.45) is 0 Å². The molecule has 0 radical (unpaired) electrons. The Balaban J connectivity index is 1.71. The number of hydrogen-bond donors (Lipinski definition) is 2. The molecule has 0 amide bonds. The van der Waals surface area contributed by atoms with Crippen LogP contribution in [0.5, 0.6) is 0 Å². The first kappa shape index (κ1) is 17.7. The summed E-state index contributed by atoms with van der Waals surface area (Å²) in [6.07, 6.45) is 5.17. The van der Waals surface area contributed by atoms with Gasteiger partial charge in [0.05, 0.1) is 11.7 Å². The zero-order valence-electron chi connectivity index (χ0n) is 15.6. The monoisotopic (exact) mass is 364 g/mol. The molecule has 1 aliphatic carbocycles. The quantitative estimate of drug-likeness (QED) is 0.724. The third kappa shape index (κ3) is 3.85. The molecule has 0 spiro atoms. The smallest absolute Gasteiger partial charge is 0.261 e. The fourth-order valence-electron chi connectivity index (χ4n) is 3.61. The lowest BCUT2D eigenvalue weighted by Crippen LogP contribution is -2.28. The van der Waals surface area contributed by atoms with Crippen LogP contribution in [0.25, 0.3) is 22.6 Å². The number of pyridine rings is 1. The van der Waals surface area contributed by atoms with Crippen LogP contribution in [0.2, 0.25) is 0 Å². The zero-order valence-corrected chi connectivity index (χ0v) is 15.6. The average molecular weight is 364 g/mol. The normalized spacial score (nSPS) is 19.8. The van der Waals surface area contributed by atoms with Gasteiger partial charge >= 0.3 is 0 Å². The molecule has 0 atom stereocenters. The van der Waals surface area contributed by atoms with Crippen LogP contribution in [0, 0.1) is 13.8 Å². The topological polar surface area (TPSA) is 84.1 Å². The van der Waals surface area contributed by atoms with E-state index in [9.17, 15) is 5.11 Å². The first-order chi connectivity index (χ1) is 13.1. The molecule has 1 saturated carbocycles. The predicted molar refractivity (Wildman–Crippen MR) is 104 cm³/mol. The Bertz CT molecular complexity index is 929. The van der Waals surface area contributed by atoms with Gasteiger partial charge in [0, 0.05) is 17.8 Å². The average Bonchev–Trinajstić information content (AvgIpc) is 3.11. The van der Waals surface area contributed by atoms with Gasteiger partial charge in [0.15, 0.2) is 5.82 Å². The van der Waals surface area contributed by atoms with Crippen molar-refractivity contribution >= 4 is 5.82 Å². The van der Waals surface area contributed by atoms with E-state index in [-0.39, 0.29) is 12.1 Å². The van der Waals surface area contributed by atoms with Crippen LogP contribution in [0.15, 0.2) is 41.1 Å². The molecule has 6 nitrogen and oxygen atoms in total. The molecular weight excluding hydrogens is 340 g/mol. The van der Waals surface area contributed by atoms with Crippen molar-refractivity contribution < 1.29 is 9.63 Å². The van der Waals surface area contributed by atoms with E-state index in [1.807, 2.05) is 18.3 Å². The maximum Gasteiger partial charge on any atom is 0.261 e. The highest BCUT2D eigenvalue weighted by atomic mass is 16.5. The number of aromatic nitrogens is 3. The Hall–Kier alpha value is -2.73. The van der Waals surface area contributed by atoms with Crippen LogP contribution >= 0.6 is 0 Å². The summed E-state index contributed by atoms with van der Waals surface area (Å²) < 4.78 is 5.44. The summed E-state index contributed by atoms with van der Waals surface area (Å²) in [5, 5.41) is 17.2. The molecule has 2 aromatic heterocycles. The van der Waals surface area contributed by atoms with Gasteiger partial charge in [-0.1, -0.05) is 29.4 Å². The van der Waals surface area contributed by atoms with E-state index in [1.54, 1.807) is 6.92 Å². The number of anilines is 1. The molecular formula is C21H24N4O2. The number of aliphatic hydroxyl groups excluding tert-OH is 1. The molecule has 1 fully saturated rings. The molecule has 1 aromatic carbocycles. The molecule has 4 rings (SSSR count). The van der Waals surface area contributed by atoms with E-state index in [1.165, 1.54) is 5.56 Å². The maximum atomic E-state index is 9.74. The first-order valence-electron chi connectivity index (χ1n) is 9.41. The fraction of sp³-hybridized carbons (Fsp3) is 0.381. The minimum Gasteiger partial charge on any atom is -0.393 e. The van der Waals surface area contributed by atoms with Gasteiger partial charge < -0.3 is 14.9 Å². The van der Waals surface area contributed by atoms with Gasteiger partial charge in [0.25, 0.3) is 5.89 Å². The second-order valence-corrected chi connectivity index (χ2v) is 7.23. The highest BCUT2D eigenvalue weighted by molar-refractivity contribution is 5.77. The van der Waals surface area contributed by atoms with Gasteiger partial charge in [-0.25, -0.2) is 4.98 Å². The summed E-state index contributed by atoms with van der Waals surface area (Å²) in [7, 11) is 0. The van der Waals surface area contributed by atoms with Crippen molar-refractivity contribution in [3.63, 3.8) is 0 Å². The van der Waals surface area contributed by atoms with Crippen LogP contribution < -0.4 is 5.32 Å². The molecule has 1 aliphatic rings. The summed E-state index contributed by atoms with van der Waals surface area (Å²) in [6.45, 7) is 3.90. The van der Waals surface area contributed by atoms with Gasteiger partial charge in [-0.2, -0.15) is 4.98 Å². The summed E-state index contributed by atoms with van der Waals surface area (Å²) in [6, 6.07) is 10.6. The van der Waals surface area contributed by atoms with E-state index in [0.717, 1.165) is 48.2 Å². The fourth-order valence-corrected chi connectivity index (χ4v) is 3.61. The van der Waals surface area contributed by atoms with Gasteiger partial charge in [0.2, 0.25) is 0 Å². The molecule has 0 bridgehead atoms. The molecule has 2 N–H and O–H groups in total. The molecule has 0 saturated heterocycles. The Labute approximate surface area is 158 Å². The molecule has 6 heteroatoms. The SMILES string of the molecule is Cc1noc(-c2cc(-c3ccccc3C)cnc2NC2CCC(O)CC2)n1. The zero-order chi connectivity index (χ0) is 18.8. The van der Waals surface area contributed by atoms with Crippen LogP contribution in [-0.2, 0) is 0 Å². The lowest BCUT2D eigenvalue weighted by molar-refractivity contribution is 0.126. The van der Waals surface area contributed by atoms with Gasteiger partial charge in [-0.3, -0.25) is 0 Å². The van der Waals surface area contributed by atoms with E-state index in [4.69, 9.17) is 9.51 Å².